The van der Waals surface area contributed by atoms with Crippen LogP contribution in [-0.4, -0.2) is 35.9 Å². The van der Waals surface area contributed by atoms with Crippen LogP contribution in [0.3, 0.4) is 0 Å². The Morgan fingerprint density at radius 1 is 1.12 bits per heavy atom. The van der Waals surface area contributed by atoms with E-state index >= 15 is 0 Å². The van der Waals surface area contributed by atoms with E-state index in [1.54, 1.807) is 6.08 Å². The van der Waals surface area contributed by atoms with Crippen LogP contribution in [0.2, 0.25) is 0 Å². The molecular weight excluding hydrogens is 360 g/mol. The zero-order valence-corrected chi connectivity index (χ0v) is 17.5. The lowest BCUT2D eigenvalue weighted by Crippen LogP contribution is -2.32. The van der Waals surface area contributed by atoms with Gasteiger partial charge in [0.05, 0.1) is 6.61 Å². The van der Waals surface area contributed by atoms with E-state index in [1.807, 2.05) is 56.6 Å². The normalized spacial score (nSPS) is 14.2. The molecule has 1 rings (SSSR count). The quantitative estimate of drug-likeness (QED) is 0.568. The molecule has 0 amide bonds. The lowest BCUT2D eigenvalue weighted by atomic mass is 10.1. The largest absolute Gasteiger partial charge is 0.353 e. The third kappa shape index (κ3) is 7.28. The molecular formula is C17H29NO5P2. The van der Waals surface area contributed by atoms with E-state index in [0.717, 1.165) is 11.1 Å². The van der Waals surface area contributed by atoms with Crippen molar-refractivity contribution in [2.75, 3.05) is 14.2 Å². The van der Waals surface area contributed by atoms with Gasteiger partial charge in [0, 0.05) is 32.1 Å². The van der Waals surface area contributed by atoms with Crippen LogP contribution in [-0.2, 0) is 24.7 Å². The highest BCUT2D eigenvalue weighted by molar-refractivity contribution is 7.57. The second-order valence-electron chi connectivity index (χ2n) is 6.06. The molecule has 25 heavy (non-hydrogen) atoms. The van der Waals surface area contributed by atoms with Gasteiger partial charge in [0.1, 0.15) is 0 Å². The summed E-state index contributed by atoms with van der Waals surface area (Å²) in [6.07, 6.45) is 1.69. The Hall–Kier alpha value is -0.580. The highest BCUT2D eigenvalue weighted by Gasteiger charge is 2.23. The van der Waals surface area contributed by atoms with E-state index in [2.05, 4.69) is 0 Å². The van der Waals surface area contributed by atoms with Gasteiger partial charge < -0.3 is 18.5 Å². The van der Waals surface area contributed by atoms with Crippen molar-refractivity contribution < 1.29 is 23.0 Å². The van der Waals surface area contributed by atoms with Crippen LogP contribution < -0.4 is 0 Å². The molecule has 1 atom stereocenters. The third-order valence-electron chi connectivity index (χ3n) is 3.54. The summed E-state index contributed by atoms with van der Waals surface area (Å²) in [5.41, 5.74) is 1.82. The summed E-state index contributed by atoms with van der Waals surface area (Å²) in [7, 11) is -2.09. The van der Waals surface area contributed by atoms with Gasteiger partial charge in [-0.3, -0.25) is 4.57 Å². The first kappa shape index (κ1) is 22.5. The van der Waals surface area contributed by atoms with Crippen LogP contribution >= 0.6 is 16.1 Å². The highest BCUT2D eigenvalue weighted by atomic mass is 31.2. The van der Waals surface area contributed by atoms with Crippen molar-refractivity contribution in [3.63, 3.8) is 0 Å². The number of hydrogen-bond acceptors (Lipinski definition) is 6. The van der Waals surface area contributed by atoms with Gasteiger partial charge in [-0.25, -0.2) is 4.67 Å². The summed E-state index contributed by atoms with van der Waals surface area (Å²) < 4.78 is 29.3. The van der Waals surface area contributed by atoms with E-state index in [-0.39, 0.29) is 12.1 Å². The second-order valence-corrected chi connectivity index (χ2v) is 9.39. The molecule has 1 unspecified atom stereocenters. The molecule has 0 saturated carbocycles. The maximum atomic E-state index is 12.0. The predicted octanol–water partition coefficient (Wildman–Crippen LogP) is 5.00. The summed E-state index contributed by atoms with van der Waals surface area (Å²) in [6, 6.07) is 7.99. The van der Waals surface area contributed by atoms with Crippen LogP contribution in [0.5, 0.6) is 0 Å². The van der Waals surface area contributed by atoms with E-state index in [0.29, 0.717) is 6.61 Å². The van der Waals surface area contributed by atoms with Crippen LogP contribution in [0, 0.1) is 0 Å². The molecule has 0 bridgehead atoms. The van der Waals surface area contributed by atoms with Gasteiger partial charge in [0.2, 0.25) is 0 Å². The Morgan fingerprint density at radius 2 is 1.64 bits per heavy atom. The topological polar surface area (TPSA) is 68.2 Å². The van der Waals surface area contributed by atoms with E-state index in [9.17, 15) is 9.46 Å². The molecule has 1 aromatic rings. The molecule has 0 aliphatic carbocycles. The molecule has 0 aliphatic rings. The van der Waals surface area contributed by atoms with Gasteiger partial charge in [0.15, 0.2) is 0 Å². The number of rotatable bonds is 10. The molecule has 0 heterocycles. The molecule has 0 radical (unpaired) electrons. The molecule has 1 N–H and O–H groups in total. The van der Waals surface area contributed by atoms with Crippen molar-refractivity contribution >= 4 is 22.2 Å². The molecule has 0 spiro atoms. The smallest absolute Gasteiger partial charge is 0.338 e. The van der Waals surface area contributed by atoms with E-state index < -0.39 is 16.1 Å². The first-order valence-corrected chi connectivity index (χ1v) is 10.9. The maximum absolute atomic E-state index is 12.0. The van der Waals surface area contributed by atoms with Gasteiger partial charge >= 0.3 is 7.60 Å². The second kappa shape index (κ2) is 10.5. The standard InChI is InChI=1S/C17H29NO5P2/c1-14(2)18(15(3)4)24(19)23-13-17-9-7-16(8-10-17)11-12-25(20,21-5)22-6/h7-12,14-15,19H,13H2,1-6H3. The van der Waals surface area contributed by atoms with Gasteiger partial charge in [-0.2, -0.15) is 0 Å². The maximum Gasteiger partial charge on any atom is 0.353 e. The van der Waals surface area contributed by atoms with Crippen molar-refractivity contribution in [2.24, 2.45) is 0 Å². The zero-order chi connectivity index (χ0) is 19.0. The molecule has 1 aromatic carbocycles. The lowest BCUT2D eigenvalue weighted by Gasteiger charge is -2.32. The SMILES string of the molecule is COP(=O)(C=Cc1ccc(COP(O)N(C(C)C)C(C)C)cc1)OC. The number of hydrogen-bond donors (Lipinski definition) is 1. The Morgan fingerprint density at radius 3 is 2.08 bits per heavy atom. The Bertz CT molecular complexity index is 573. The molecule has 142 valence electrons. The summed E-state index contributed by atoms with van der Waals surface area (Å²) in [6.45, 7) is 8.48. The first-order chi connectivity index (χ1) is 11.7. The molecule has 0 saturated heterocycles. The number of benzene rings is 1. The first-order valence-electron chi connectivity index (χ1n) is 8.12. The van der Waals surface area contributed by atoms with Crippen molar-refractivity contribution in [3.8, 4) is 0 Å². The van der Waals surface area contributed by atoms with Crippen molar-refractivity contribution in [1.29, 1.82) is 0 Å². The van der Waals surface area contributed by atoms with Crippen molar-refractivity contribution in [1.82, 2.24) is 4.67 Å². The summed E-state index contributed by atoms with van der Waals surface area (Å²) >= 11 is 0. The minimum absolute atomic E-state index is 0.209. The van der Waals surface area contributed by atoms with Gasteiger partial charge in [-0.1, -0.05) is 24.3 Å². The van der Waals surface area contributed by atoms with Gasteiger partial charge in [-0.05, 0) is 44.9 Å². The predicted molar refractivity (Wildman–Crippen MR) is 103 cm³/mol. The van der Waals surface area contributed by atoms with Crippen LogP contribution in [0.4, 0.5) is 0 Å². The molecule has 0 fully saturated rings. The fraction of sp³-hybridized carbons (Fsp3) is 0.529. The fourth-order valence-electron chi connectivity index (χ4n) is 2.29. The molecule has 6 nitrogen and oxygen atoms in total. The number of nitrogens with zero attached hydrogens (tertiary/aromatic N) is 1. The Labute approximate surface area is 152 Å². The van der Waals surface area contributed by atoms with E-state index in [1.165, 1.54) is 20.0 Å². The molecule has 0 aliphatic heterocycles. The van der Waals surface area contributed by atoms with Crippen LogP contribution in [0.15, 0.2) is 30.1 Å². The average Bonchev–Trinajstić information content (AvgIpc) is 2.58. The Kier molecular flexibility index (Phi) is 9.47. The summed E-state index contributed by atoms with van der Waals surface area (Å²) in [5.74, 6) is 1.43. The minimum atomic E-state index is -3.16. The average molecular weight is 389 g/mol. The summed E-state index contributed by atoms with van der Waals surface area (Å²) in [4.78, 5) is 10.3. The van der Waals surface area contributed by atoms with E-state index in [4.69, 9.17) is 13.6 Å². The lowest BCUT2D eigenvalue weighted by molar-refractivity contribution is 0.206. The van der Waals surface area contributed by atoms with Crippen molar-refractivity contribution in [2.45, 2.75) is 46.4 Å². The highest BCUT2D eigenvalue weighted by Crippen LogP contribution is 2.48. The monoisotopic (exact) mass is 389 g/mol. The summed E-state index contributed by atoms with van der Waals surface area (Å²) in [5, 5.41) is 0. The van der Waals surface area contributed by atoms with Gasteiger partial charge in [0.25, 0.3) is 8.53 Å². The third-order valence-corrected chi connectivity index (χ3v) is 6.75. The fourth-order valence-corrected chi connectivity index (χ4v) is 4.22. The van der Waals surface area contributed by atoms with Crippen molar-refractivity contribution in [3.05, 3.63) is 41.2 Å². The van der Waals surface area contributed by atoms with Gasteiger partial charge in [-0.15, -0.1) is 0 Å². The minimum Gasteiger partial charge on any atom is -0.338 e. The molecule has 8 heteroatoms. The molecule has 0 aromatic heterocycles. The Balaban J connectivity index is 2.66. The van der Waals surface area contributed by atoms with Crippen LogP contribution in [0.25, 0.3) is 6.08 Å². The van der Waals surface area contributed by atoms with Crippen LogP contribution in [0.1, 0.15) is 38.8 Å². The zero-order valence-electron chi connectivity index (χ0n) is 15.7.